The van der Waals surface area contributed by atoms with E-state index in [-0.39, 0.29) is 23.7 Å². The van der Waals surface area contributed by atoms with Crippen molar-refractivity contribution in [3.8, 4) is 11.4 Å². The molecule has 1 aliphatic carbocycles. The largest absolute Gasteiger partial charge is 0.326 e. The number of rotatable bonds is 3. The third kappa shape index (κ3) is 3.68. The molecule has 1 saturated carbocycles. The lowest BCUT2D eigenvalue weighted by atomic mass is 9.67. The van der Waals surface area contributed by atoms with Crippen LogP contribution in [-0.2, 0) is 17.8 Å². The lowest BCUT2D eigenvalue weighted by Gasteiger charge is -2.37. The van der Waals surface area contributed by atoms with Gasteiger partial charge in [0, 0.05) is 30.8 Å². The first-order valence-electron chi connectivity index (χ1n) is 10.8. The molecule has 0 spiro atoms. The highest BCUT2D eigenvalue weighted by Crippen LogP contribution is 2.44. The zero-order valence-corrected chi connectivity index (χ0v) is 17.6. The van der Waals surface area contributed by atoms with Gasteiger partial charge in [-0.1, -0.05) is 19.3 Å². The van der Waals surface area contributed by atoms with E-state index in [1.54, 1.807) is 0 Å². The van der Waals surface area contributed by atoms with Crippen LogP contribution in [0.4, 0.5) is 5.69 Å². The summed E-state index contributed by atoms with van der Waals surface area (Å²) in [5.74, 6) is 2.71. The number of halogens is 1. The number of nitrogens with zero attached hydrogens (tertiary/aromatic N) is 3. The molecule has 2 N–H and O–H groups in total. The molecule has 156 valence electrons. The van der Waals surface area contributed by atoms with E-state index < -0.39 is 0 Å². The molecule has 7 heteroatoms. The van der Waals surface area contributed by atoms with Gasteiger partial charge in [0.1, 0.15) is 5.82 Å². The van der Waals surface area contributed by atoms with Crippen molar-refractivity contribution in [3.05, 3.63) is 30.1 Å². The van der Waals surface area contributed by atoms with Crippen LogP contribution in [0.3, 0.4) is 0 Å². The summed E-state index contributed by atoms with van der Waals surface area (Å²) in [6, 6.07) is 8.12. The van der Waals surface area contributed by atoms with Crippen LogP contribution in [0.5, 0.6) is 0 Å². The van der Waals surface area contributed by atoms with Gasteiger partial charge in [-0.3, -0.25) is 4.79 Å². The van der Waals surface area contributed by atoms with E-state index in [4.69, 9.17) is 0 Å². The van der Waals surface area contributed by atoms with Gasteiger partial charge in [0.25, 0.3) is 0 Å². The maximum absolute atomic E-state index is 13.1. The Morgan fingerprint density at radius 1 is 1.10 bits per heavy atom. The number of hydrogen-bond donors (Lipinski definition) is 2. The number of amides is 1. The number of nitrogens with one attached hydrogen (secondary N) is 2. The summed E-state index contributed by atoms with van der Waals surface area (Å²) in [5.41, 5.74) is 1.71. The van der Waals surface area contributed by atoms with Crippen molar-refractivity contribution in [3.63, 3.8) is 0 Å². The van der Waals surface area contributed by atoms with E-state index in [0.717, 1.165) is 68.2 Å². The second kappa shape index (κ2) is 8.44. The van der Waals surface area contributed by atoms with Crippen LogP contribution in [0, 0.1) is 11.3 Å². The first kappa shape index (κ1) is 20.4. The first-order valence-corrected chi connectivity index (χ1v) is 10.8. The van der Waals surface area contributed by atoms with Crippen molar-refractivity contribution in [1.29, 1.82) is 0 Å². The van der Waals surface area contributed by atoms with Gasteiger partial charge in [-0.2, -0.15) is 0 Å². The van der Waals surface area contributed by atoms with E-state index in [1.165, 1.54) is 25.7 Å². The molecule has 1 aromatic heterocycles. The van der Waals surface area contributed by atoms with E-state index in [1.807, 2.05) is 12.1 Å². The van der Waals surface area contributed by atoms with Gasteiger partial charge in [-0.15, -0.1) is 22.6 Å². The molecule has 1 amide bonds. The Morgan fingerprint density at radius 3 is 2.83 bits per heavy atom. The Balaban J connectivity index is 0.00000205. The molecule has 0 unspecified atom stereocenters. The number of fused-ring (bicyclic) bond motifs is 2. The predicted octanol–water partition coefficient (Wildman–Crippen LogP) is 3.81. The fraction of sp³-hybridized carbons (Fsp3) is 0.591. The average molecular weight is 416 g/mol. The van der Waals surface area contributed by atoms with Gasteiger partial charge in [-0.25, -0.2) is 0 Å². The minimum Gasteiger partial charge on any atom is -0.326 e. The summed E-state index contributed by atoms with van der Waals surface area (Å²) in [7, 11) is 0. The lowest BCUT2D eigenvalue weighted by molar-refractivity contribution is -0.128. The van der Waals surface area contributed by atoms with Crippen molar-refractivity contribution in [1.82, 2.24) is 20.1 Å². The molecule has 1 saturated heterocycles. The average Bonchev–Trinajstić information content (AvgIpc) is 3.27. The Bertz CT molecular complexity index is 865. The fourth-order valence-electron chi connectivity index (χ4n) is 5.35. The number of aromatic nitrogens is 3. The molecule has 0 radical (unpaired) electrons. The Labute approximate surface area is 178 Å². The molecule has 2 aromatic rings. The van der Waals surface area contributed by atoms with Crippen molar-refractivity contribution in [2.45, 2.75) is 57.9 Å². The Kier molecular flexibility index (Phi) is 5.93. The number of benzene rings is 1. The third-order valence-corrected chi connectivity index (χ3v) is 7.00. The lowest BCUT2D eigenvalue weighted by Crippen LogP contribution is -2.44. The van der Waals surface area contributed by atoms with E-state index in [9.17, 15) is 4.79 Å². The molecular weight excluding hydrogens is 386 g/mol. The maximum atomic E-state index is 13.1. The summed E-state index contributed by atoms with van der Waals surface area (Å²) in [4.78, 5) is 13.1. The minimum absolute atomic E-state index is 0. The summed E-state index contributed by atoms with van der Waals surface area (Å²) < 4.78 is 2.26. The molecule has 3 heterocycles. The van der Waals surface area contributed by atoms with Gasteiger partial charge in [-0.05, 0) is 62.4 Å². The van der Waals surface area contributed by atoms with E-state index >= 15 is 0 Å². The monoisotopic (exact) mass is 415 g/mol. The molecule has 0 bridgehead atoms. The van der Waals surface area contributed by atoms with Crippen LogP contribution >= 0.6 is 12.4 Å². The number of anilines is 1. The number of carbonyl (C=O) groups is 1. The zero-order chi connectivity index (χ0) is 19.0. The van der Waals surface area contributed by atoms with E-state index in [2.05, 4.69) is 37.5 Å². The Hall–Kier alpha value is -1.92. The van der Waals surface area contributed by atoms with Crippen LogP contribution in [0.1, 0.15) is 50.8 Å². The molecule has 1 aromatic carbocycles. The SMILES string of the molecule is Cl.O=C(Nc1ccc(-c2nnc3n2CCCCC3)cc1)[C@@]12CCCC[C@H]1CNC2. The maximum Gasteiger partial charge on any atom is 0.232 e. The molecule has 6 nitrogen and oxygen atoms in total. The van der Waals surface area contributed by atoms with Gasteiger partial charge in [0.05, 0.1) is 5.41 Å². The molecule has 29 heavy (non-hydrogen) atoms. The van der Waals surface area contributed by atoms with Gasteiger partial charge < -0.3 is 15.2 Å². The quantitative estimate of drug-likeness (QED) is 0.799. The predicted molar refractivity (Wildman–Crippen MR) is 116 cm³/mol. The number of hydrogen-bond acceptors (Lipinski definition) is 4. The van der Waals surface area contributed by atoms with Crippen molar-refractivity contribution < 1.29 is 4.79 Å². The third-order valence-electron chi connectivity index (χ3n) is 7.00. The van der Waals surface area contributed by atoms with Crippen LogP contribution in [0.2, 0.25) is 0 Å². The summed E-state index contributed by atoms with van der Waals surface area (Å²) in [6.45, 7) is 2.78. The minimum atomic E-state index is -0.221. The Morgan fingerprint density at radius 2 is 1.97 bits per heavy atom. The molecule has 2 fully saturated rings. The number of aryl methyl sites for hydroxylation is 1. The highest BCUT2D eigenvalue weighted by molar-refractivity contribution is 5.96. The molecule has 2 aliphatic heterocycles. The van der Waals surface area contributed by atoms with Crippen LogP contribution in [0.15, 0.2) is 24.3 Å². The van der Waals surface area contributed by atoms with Gasteiger partial charge >= 0.3 is 0 Å². The summed E-state index contributed by atoms with van der Waals surface area (Å²) in [5, 5.41) is 15.5. The van der Waals surface area contributed by atoms with Crippen molar-refractivity contribution in [2.75, 3.05) is 18.4 Å². The van der Waals surface area contributed by atoms with Crippen LogP contribution in [-0.4, -0.2) is 33.8 Å². The van der Waals surface area contributed by atoms with Crippen LogP contribution < -0.4 is 10.6 Å². The zero-order valence-electron chi connectivity index (χ0n) is 16.8. The van der Waals surface area contributed by atoms with Crippen molar-refractivity contribution in [2.24, 2.45) is 11.3 Å². The second-order valence-electron chi connectivity index (χ2n) is 8.66. The highest BCUT2D eigenvalue weighted by Gasteiger charge is 2.49. The molecule has 5 rings (SSSR count). The highest BCUT2D eigenvalue weighted by atomic mass is 35.5. The fourth-order valence-corrected chi connectivity index (χ4v) is 5.35. The smallest absolute Gasteiger partial charge is 0.232 e. The second-order valence-corrected chi connectivity index (χ2v) is 8.66. The topological polar surface area (TPSA) is 71.8 Å². The molecular formula is C22H30ClN5O. The van der Waals surface area contributed by atoms with Crippen molar-refractivity contribution >= 4 is 24.0 Å². The van der Waals surface area contributed by atoms with Gasteiger partial charge in [0.15, 0.2) is 5.82 Å². The van der Waals surface area contributed by atoms with Crippen LogP contribution in [0.25, 0.3) is 11.4 Å². The summed E-state index contributed by atoms with van der Waals surface area (Å²) in [6.07, 6.45) is 9.22. The van der Waals surface area contributed by atoms with Gasteiger partial charge in [0.2, 0.25) is 5.91 Å². The number of carbonyl (C=O) groups excluding carboxylic acids is 1. The standard InChI is InChI=1S/C22H29N5O.ClH/c28-21(22-12-4-3-6-17(22)14-23-15-22)24-18-10-8-16(9-11-18)20-26-25-19-7-2-1-5-13-27(19)20;/h8-11,17,23H,1-7,12-15H2,(H,24,28);1H/t17-,22+;/m0./s1. The van der Waals surface area contributed by atoms with E-state index in [0.29, 0.717) is 5.92 Å². The molecule has 3 aliphatic rings. The summed E-state index contributed by atoms with van der Waals surface area (Å²) >= 11 is 0. The normalized spacial score (nSPS) is 26.0. The first-order chi connectivity index (χ1) is 13.8. The molecule has 2 atom stereocenters.